The Morgan fingerprint density at radius 2 is 0.964 bits per heavy atom. The van der Waals surface area contributed by atoms with Crippen LogP contribution in [0.3, 0.4) is 0 Å². The standard InChI is InChI=1S/C54H42N2/c1-53(2)43-23-12-8-19-38(43)42-34-37(30-31-45(42)53)55(50-28-16-25-46-52(50)41-22-9-13-24-44(41)54(46,3)4)51-33-36(35-17-6-5-7-18-35)29-32-49(51)56-47-26-14-10-20-39(47)40-21-11-15-27-48(40)56/h5-34H,1-4H3. The zero-order valence-corrected chi connectivity index (χ0v) is 32.2. The Balaban J connectivity index is 1.28. The molecule has 11 rings (SSSR count). The van der Waals surface area contributed by atoms with Gasteiger partial charge in [-0.3, -0.25) is 0 Å². The van der Waals surface area contributed by atoms with Gasteiger partial charge in [-0.2, -0.15) is 0 Å². The number of aromatic nitrogens is 1. The first-order valence-corrected chi connectivity index (χ1v) is 19.8. The number of nitrogens with zero attached hydrogens (tertiary/aromatic N) is 2. The molecule has 2 heteroatoms. The number of benzene rings is 8. The van der Waals surface area contributed by atoms with Gasteiger partial charge in [0, 0.05) is 32.9 Å². The van der Waals surface area contributed by atoms with Crippen LogP contribution in [0.4, 0.5) is 17.1 Å². The van der Waals surface area contributed by atoms with Crippen LogP contribution in [0.15, 0.2) is 182 Å². The Bertz CT molecular complexity index is 2980. The third-order valence-corrected chi connectivity index (χ3v) is 12.8. The van der Waals surface area contributed by atoms with Crippen LogP contribution >= 0.6 is 0 Å². The molecular formula is C54H42N2. The fourth-order valence-corrected chi connectivity index (χ4v) is 10.1. The molecule has 0 N–H and O–H groups in total. The number of rotatable bonds is 5. The third-order valence-electron chi connectivity index (χ3n) is 12.8. The fraction of sp³-hybridized carbons (Fsp3) is 0.111. The second kappa shape index (κ2) is 11.9. The molecule has 9 aromatic rings. The minimum absolute atomic E-state index is 0.0897. The lowest BCUT2D eigenvalue weighted by atomic mass is 9.82. The maximum Gasteiger partial charge on any atom is 0.0708 e. The summed E-state index contributed by atoms with van der Waals surface area (Å²) in [4.78, 5) is 2.57. The molecular weight excluding hydrogens is 677 g/mol. The van der Waals surface area contributed by atoms with Crippen LogP contribution < -0.4 is 4.90 Å². The van der Waals surface area contributed by atoms with Crippen molar-refractivity contribution in [1.82, 2.24) is 4.57 Å². The molecule has 0 aliphatic heterocycles. The van der Waals surface area contributed by atoms with Crippen LogP contribution in [0.5, 0.6) is 0 Å². The van der Waals surface area contributed by atoms with E-state index in [-0.39, 0.29) is 10.8 Å². The smallest absolute Gasteiger partial charge is 0.0708 e. The van der Waals surface area contributed by atoms with E-state index in [4.69, 9.17) is 0 Å². The first kappa shape index (κ1) is 32.8. The maximum atomic E-state index is 2.57. The number of hydrogen-bond acceptors (Lipinski definition) is 1. The van der Waals surface area contributed by atoms with E-state index < -0.39 is 0 Å². The molecule has 1 heterocycles. The molecule has 0 spiro atoms. The van der Waals surface area contributed by atoms with E-state index in [1.165, 1.54) is 83.1 Å². The van der Waals surface area contributed by atoms with Crippen LogP contribution in [-0.2, 0) is 10.8 Å². The monoisotopic (exact) mass is 718 g/mol. The van der Waals surface area contributed by atoms with Crippen molar-refractivity contribution in [1.29, 1.82) is 0 Å². The Labute approximate surface area is 328 Å². The number of anilines is 3. The van der Waals surface area contributed by atoms with Crippen molar-refractivity contribution in [2.45, 2.75) is 38.5 Å². The van der Waals surface area contributed by atoms with Gasteiger partial charge < -0.3 is 9.47 Å². The molecule has 0 fully saturated rings. The highest BCUT2D eigenvalue weighted by molar-refractivity contribution is 6.10. The van der Waals surface area contributed by atoms with Crippen molar-refractivity contribution < 1.29 is 0 Å². The SMILES string of the molecule is CC1(C)c2ccccc2-c2cc(N(c3cc(-c4ccccc4)ccc3-n3c4ccccc4c4ccccc43)c3cccc4c3-c3ccccc3C4(C)C)ccc21. The normalized spacial score (nSPS) is 14.4. The lowest BCUT2D eigenvalue weighted by Gasteiger charge is -2.32. The van der Waals surface area contributed by atoms with E-state index >= 15 is 0 Å². The predicted molar refractivity (Wildman–Crippen MR) is 236 cm³/mol. The van der Waals surface area contributed by atoms with Crippen LogP contribution in [0.1, 0.15) is 49.9 Å². The lowest BCUT2D eigenvalue weighted by molar-refractivity contribution is 0.660. The molecule has 2 aliphatic carbocycles. The molecule has 0 atom stereocenters. The minimum Gasteiger partial charge on any atom is -0.308 e. The van der Waals surface area contributed by atoms with Gasteiger partial charge in [-0.05, 0) is 92.5 Å². The first-order chi connectivity index (χ1) is 27.3. The van der Waals surface area contributed by atoms with Crippen molar-refractivity contribution in [3.05, 3.63) is 204 Å². The van der Waals surface area contributed by atoms with Crippen molar-refractivity contribution >= 4 is 38.9 Å². The number of para-hydroxylation sites is 2. The topological polar surface area (TPSA) is 8.17 Å². The summed E-state index contributed by atoms with van der Waals surface area (Å²) in [6, 6.07) is 67.7. The molecule has 0 saturated heterocycles. The van der Waals surface area contributed by atoms with Crippen LogP contribution in [0.2, 0.25) is 0 Å². The summed E-state index contributed by atoms with van der Waals surface area (Å²) in [5.41, 5.74) is 19.8. The molecule has 0 saturated carbocycles. The number of fused-ring (bicyclic) bond motifs is 9. The van der Waals surface area contributed by atoms with Gasteiger partial charge in [0.05, 0.1) is 28.1 Å². The summed E-state index contributed by atoms with van der Waals surface area (Å²) in [7, 11) is 0. The largest absolute Gasteiger partial charge is 0.308 e. The van der Waals surface area contributed by atoms with Crippen molar-refractivity contribution in [3.8, 4) is 39.1 Å². The molecule has 8 aromatic carbocycles. The van der Waals surface area contributed by atoms with E-state index in [1.807, 2.05) is 0 Å². The Kier molecular flexibility index (Phi) is 6.98. The van der Waals surface area contributed by atoms with E-state index in [0.29, 0.717) is 0 Å². The summed E-state index contributed by atoms with van der Waals surface area (Å²) < 4.78 is 2.48. The zero-order valence-electron chi connectivity index (χ0n) is 32.2. The fourth-order valence-electron chi connectivity index (χ4n) is 10.1. The van der Waals surface area contributed by atoms with Gasteiger partial charge in [0.2, 0.25) is 0 Å². The van der Waals surface area contributed by atoms with Gasteiger partial charge in [0.15, 0.2) is 0 Å². The average molecular weight is 719 g/mol. The zero-order chi connectivity index (χ0) is 37.8. The molecule has 56 heavy (non-hydrogen) atoms. The molecule has 2 nitrogen and oxygen atoms in total. The second-order valence-electron chi connectivity index (χ2n) is 16.5. The van der Waals surface area contributed by atoms with Gasteiger partial charge in [-0.1, -0.05) is 167 Å². The maximum absolute atomic E-state index is 2.57. The van der Waals surface area contributed by atoms with E-state index in [0.717, 1.165) is 17.1 Å². The highest BCUT2D eigenvalue weighted by atomic mass is 15.2. The predicted octanol–water partition coefficient (Wildman–Crippen LogP) is 14.5. The van der Waals surface area contributed by atoms with Crippen molar-refractivity contribution in [3.63, 3.8) is 0 Å². The summed E-state index contributed by atoms with van der Waals surface area (Å²) in [5.74, 6) is 0. The van der Waals surface area contributed by atoms with Gasteiger partial charge in [0.1, 0.15) is 0 Å². The molecule has 1 aromatic heterocycles. The molecule has 268 valence electrons. The van der Waals surface area contributed by atoms with Gasteiger partial charge in [-0.25, -0.2) is 0 Å². The summed E-state index contributed by atoms with van der Waals surface area (Å²) in [6.45, 7) is 9.48. The molecule has 0 bridgehead atoms. The average Bonchev–Trinajstić information content (AvgIpc) is 3.78. The lowest BCUT2D eigenvalue weighted by Crippen LogP contribution is -2.17. The molecule has 0 amide bonds. The first-order valence-electron chi connectivity index (χ1n) is 19.8. The Morgan fingerprint density at radius 1 is 0.393 bits per heavy atom. The third kappa shape index (κ3) is 4.56. The molecule has 0 unspecified atom stereocenters. The Morgan fingerprint density at radius 3 is 1.70 bits per heavy atom. The van der Waals surface area contributed by atoms with Gasteiger partial charge in [-0.15, -0.1) is 0 Å². The van der Waals surface area contributed by atoms with E-state index in [2.05, 4.69) is 219 Å². The van der Waals surface area contributed by atoms with Crippen LogP contribution in [-0.4, -0.2) is 4.57 Å². The highest BCUT2D eigenvalue weighted by Gasteiger charge is 2.39. The molecule has 2 aliphatic rings. The quantitative estimate of drug-likeness (QED) is 0.172. The molecule has 0 radical (unpaired) electrons. The van der Waals surface area contributed by atoms with Gasteiger partial charge >= 0.3 is 0 Å². The second-order valence-corrected chi connectivity index (χ2v) is 16.5. The summed E-state index contributed by atoms with van der Waals surface area (Å²) in [5, 5.41) is 2.50. The summed E-state index contributed by atoms with van der Waals surface area (Å²) >= 11 is 0. The number of hydrogen-bond donors (Lipinski definition) is 0. The van der Waals surface area contributed by atoms with Gasteiger partial charge in [0.25, 0.3) is 0 Å². The van der Waals surface area contributed by atoms with Crippen molar-refractivity contribution in [2.24, 2.45) is 0 Å². The van der Waals surface area contributed by atoms with Crippen molar-refractivity contribution in [2.75, 3.05) is 4.90 Å². The van der Waals surface area contributed by atoms with E-state index in [1.54, 1.807) is 0 Å². The highest BCUT2D eigenvalue weighted by Crippen LogP contribution is 2.56. The summed E-state index contributed by atoms with van der Waals surface area (Å²) in [6.07, 6.45) is 0. The van der Waals surface area contributed by atoms with E-state index in [9.17, 15) is 0 Å². The van der Waals surface area contributed by atoms with Crippen LogP contribution in [0, 0.1) is 0 Å². The van der Waals surface area contributed by atoms with Crippen LogP contribution in [0.25, 0.3) is 60.9 Å². The minimum atomic E-state index is -0.143. The Hall–Kier alpha value is -6.64.